The summed E-state index contributed by atoms with van der Waals surface area (Å²) in [7, 11) is -3.16. The van der Waals surface area contributed by atoms with Crippen molar-refractivity contribution in [3.63, 3.8) is 0 Å². The molecule has 122 valence electrons. The van der Waals surface area contributed by atoms with E-state index in [1.807, 2.05) is 26.0 Å². The second-order valence-electron chi connectivity index (χ2n) is 5.77. The van der Waals surface area contributed by atoms with Crippen molar-refractivity contribution in [2.45, 2.75) is 13.8 Å². The van der Waals surface area contributed by atoms with Gasteiger partial charge in [-0.15, -0.1) is 0 Å². The lowest BCUT2D eigenvalue weighted by Crippen LogP contribution is -2.51. The molecule has 0 aromatic heterocycles. The van der Waals surface area contributed by atoms with Gasteiger partial charge in [-0.1, -0.05) is 6.07 Å². The Bertz CT molecular complexity index is 630. The Hall–Kier alpha value is -1.60. The van der Waals surface area contributed by atoms with E-state index in [0.29, 0.717) is 26.2 Å². The summed E-state index contributed by atoms with van der Waals surface area (Å²) < 4.78 is 24.3. The van der Waals surface area contributed by atoms with Gasteiger partial charge in [-0.05, 0) is 37.1 Å². The maximum atomic E-state index is 12.2. The van der Waals surface area contributed by atoms with Gasteiger partial charge in [-0.3, -0.25) is 4.79 Å². The molecule has 22 heavy (non-hydrogen) atoms. The number of carbonyl (C=O) groups excluding carboxylic acids is 1. The Labute approximate surface area is 132 Å². The monoisotopic (exact) mass is 325 g/mol. The largest absolute Gasteiger partial charge is 0.376 e. The third-order valence-electron chi connectivity index (χ3n) is 3.73. The number of amides is 1. The fourth-order valence-corrected chi connectivity index (χ4v) is 3.46. The molecule has 1 fully saturated rings. The predicted octanol–water partition coefficient (Wildman–Crippen LogP) is 0.819. The van der Waals surface area contributed by atoms with Crippen LogP contribution in [0.5, 0.6) is 0 Å². The van der Waals surface area contributed by atoms with E-state index in [-0.39, 0.29) is 12.5 Å². The molecule has 1 aliphatic heterocycles. The normalized spacial score (nSPS) is 16.6. The number of benzene rings is 1. The van der Waals surface area contributed by atoms with Gasteiger partial charge >= 0.3 is 0 Å². The minimum absolute atomic E-state index is 0.00712. The summed E-state index contributed by atoms with van der Waals surface area (Å²) in [6.45, 7) is 5.89. The molecule has 0 saturated carbocycles. The third-order valence-corrected chi connectivity index (χ3v) is 5.03. The lowest BCUT2D eigenvalue weighted by atomic mass is 10.1. The lowest BCUT2D eigenvalue weighted by molar-refractivity contribution is -0.130. The van der Waals surface area contributed by atoms with Crippen LogP contribution in [0.25, 0.3) is 0 Å². The first-order chi connectivity index (χ1) is 10.3. The Morgan fingerprint density at radius 3 is 2.14 bits per heavy atom. The number of hydrogen-bond acceptors (Lipinski definition) is 4. The SMILES string of the molecule is Cc1cc(C)cc(NCC(=O)N2CCN(S(C)(=O)=O)CC2)c1. The molecule has 1 heterocycles. The maximum absolute atomic E-state index is 12.2. The summed E-state index contributed by atoms with van der Waals surface area (Å²) in [6.07, 6.45) is 1.20. The quantitative estimate of drug-likeness (QED) is 0.890. The van der Waals surface area contributed by atoms with Gasteiger partial charge in [0.15, 0.2) is 0 Å². The molecule has 2 rings (SSSR count). The number of hydrogen-bond donors (Lipinski definition) is 1. The Kier molecular flexibility index (Phi) is 5.08. The zero-order valence-corrected chi connectivity index (χ0v) is 14.1. The molecule has 1 saturated heterocycles. The number of piperazine rings is 1. The van der Waals surface area contributed by atoms with Crippen molar-refractivity contribution in [3.05, 3.63) is 29.3 Å². The average Bonchev–Trinajstić information content (AvgIpc) is 2.43. The van der Waals surface area contributed by atoms with E-state index in [9.17, 15) is 13.2 Å². The number of aryl methyl sites for hydroxylation is 2. The highest BCUT2D eigenvalue weighted by atomic mass is 32.2. The van der Waals surface area contributed by atoms with Gasteiger partial charge in [0.25, 0.3) is 0 Å². The fourth-order valence-electron chi connectivity index (χ4n) is 2.64. The van der Waals surface area contributed by atoms with Crippen LogP contribution in [-0.2, 0) is 14.8 Å². The molecule has 6 nitrogen and oxygen atoms in total. The van der Waals surface area contributed by atoms with Crippen molar-refractivity contribution < 1.29 is 13.2 Å². The van der Waals surface area contributed by atoms with Gasteiger partial charge in [0, 0.05) is 31.9 Å². The van der Waals surface area contributed by atoms with Crippen LogP contribution in [0.15, 0.2) is 18.2 Å². The highest BCUT2D eigenvalue weighted by Gasteiger charge is 2.25. The van der Waals surface area contributed by atoms with Gasteiger partial charge in [-0.2, -0.15) is 4.31 Å². The first-order valence-electron chi connectivity index (χ1n) is 7.31. The van der Waals surface area contributed by atoms with Crippen LogP contribution in [0.1, 0.15) is 11.1 Å². The summed E-state index contributed by atoms with van der Waals surface area (Å²) in [4.78, 5) is 13.9. The second-order valence-corrected chi connectivity index (χ2v) is 7.76. The van der Waals surface area contributed by atoms with Gasteiger partial charge in [-0.25, -0.2) is 8.42 Å². The van der Waals surface area contributed by atoms with E-state index in [4.69, 9.17) is 0 Å². The maximum Gasteiger partial charge on any atom is 0.241 e. The number of anilines is 1. The highest BCUT2D eigenvalue weighted by molar-refractivity contribution is 7.88. The van der Waals surface area contributed by atoms with Gasteiger partial charge in [0.05, 0.1) is 12.8 Å². The molecule has 1 aliphatic rings. The van der Waals surface area contributed by atoms with E-state index >= 15 is 0 Å². The second kappa shape index (κ2) is 6.66. The smallest absolute Gasteiger partial charge is 0.241 e. The molecule has 1 N–H and O–H groups in total. The van der Waals surface area contributed by atoms with Crippen LogP contribution in [-0.4, -0.2) is 62.5 Å². The summed E-state index contributed by atoms with van der Waals surface area (Å²) in [5, 5.41) is 3.14. The van der Waals surface area contributed by atoms with Crippen LogP contribution in [0, 0.1) is 13.8 Å². The minimum Gasteiger partial charge on any atom is -0.376 e. The van der Waals surface area contributed by atoms with Crippen LogP contribution >= 0.6 is 0 Å². The standard InChI is InChI=1S/C15H23N3O3S/c1-12-8-13(2)10-14(9-12)16-11-15(19)17-4-6-18(7-5-17)22(3,20)21/h8-10,16H,4-7,11H2,1-3H3. The molecule has 0 radical (unpaired) electrons. The zero-order valence-electron chi connectivity index (χ0n) is 13.3. The van der Waals surface area contributed by atoms with E-state index in [0.717, 1.165) is 16.8 Å². The molecular formula is C15H23N3O3S. The van der Waals surface area contributed by atoms with Crippen LogP contribution in [0.2, 0.25) is 0 Å². The van der Waals surface area contributed by atoms with Gasteiger partial charge in [0.2, 0.25) is 15.9 Å². The van der Waals surface area contributed by atoms with Crippen LogP contribution in [0.3, 0.4) is 0 Å². The Morgan fingerprint density at radius 2 is 1.64 bits per heavy atom. The summed E-state index contributed by atoms with van der Waals surface area (Å²) in [6, 6.07) is 6.08. The van der Waals surface area contributed by atoms with Gasteiger partial charge in [0.1, 0.15) is 0 Å². The minimum atomic E-state index is -3.16. The number of sulfonamides is 1. The first kappa shape index (κ1) is 16.8. The molecule has 0 spiro atoms. The van der Waals surface area contributed by atoms with Crippen LogP contribution < -0.4 is 5.32 Å². The summed E-state index contributed by atoms with van der Waals surface area (Å²) in [5.41, 5.74) is 3.23. The predicted molar refractivity (Wildman–Crippen MR) is 87.4 cm³/mol. The molecule has 1 aromatic rings. The van der Waals surface area contributed by atoms with Crippen LogP contribution in [0.4, 0.5) is 5.69 Å². The van der Waals surface area contributed by atoms with E-state index in [1.165, 1.54) is 10.6 Å². The van der Waals surface area contributed by atoms with E-state index < -0.39 is 10.0 Å². The topological polar surface area (TPSA) is 69.7 Å². The molecule has 7 heteroatoms. The Balaban J connectivity index is 1.86. The molecule has 0 bridgehead atoms. The number of rotatable bonds is 4. The van der Waals surface area contributed by atoms with E-state index in [1.54, 1.807) is 4.90 Å². The molecule has 0 unspecified atom stereocenters. The molecule has 0 aliphatic carbocycles. The fraction of sp³-hybridized carbons (Fsp3) is 0.533. The molecule has 0 atom stereocenters. The molecular weight excluding hydrogens is 302 g/mol. The summed E-state index contributed by atoms with van der Waals surface area (Å²) >= 11 is 0. The highest BCUT2D eigenvalue weighted by Crippen LogP contribution is 2.14. The zero-order chi connectivity index (χ0) is 16.3. The number of nitrogens with one attached hydrogen (secondary N) is 1. The average molecular weight is 325 g/mol. The Morgan fingerprint density at radius 1 is 1.09 bits per heavy atom. The lowest BCUT2D eigenvalue weighted by Gasteiger charge is -2.33. The van der Waals surface area contributed by atoms with Crippen molar-refractivity contribution in [1.29, 1.82) is 0 Å². The van der Waals surface area contributed by atoms with Crippen molar-refractivity contribution in [3.8, 4) is 0 Å². The van der Waals surface area contributed by atoms with Crippen molar-refractivity contribution in [1.82, 2.24) is 9.21 Å². The van der Waals surface area contributed by atoms with Crippen molar-refractivity contribution >= 4 is 21.6 Å². The number of carbonyl (C=O) groups is 1. The molecule has 1 aromatic carbocycles. The first-order valence-corrected chi connectivity index (χ1v) is 9.15. The summed E-state index contributed by atoms with van der Waals surface area (Å²) in [5.74, 6) is -0.00712. The van der Waals surface area contributed by atoms with Gasteiger partial charge < -0.3 is 10.2 Å². The van der Waals surface area contributed by atoms with E-state index in [2.05, 4.69) is 11.4 Å². The van der Waals surface area contributed by atoms with Crippen molar-refractivity contribution in [2.75, 3.05) is 44.3 Å². The number of nitrogens with zero attached hydrogens (tertiary/aromatic N) is 2. The molecule has 1 amide bonds. The third kappa shape index (κ3) is 4.45. The van der Waals surface area contributed by atoms with Crippen molar-refractivity contribution in [2.24, 2.45) is 0 Å².